The molecule has 18 heavy (non-hydrogen) atoms. The fraction of sp³-hybridized carbons (Fsp3) is 0.500. The number of hydrogen-bond donors (Lipinski definition) is 2. The first-order valence-electron chi connectivity index (χ1n) is 6.23. The van der Waals surface area contributed by atoms with E-state index in [1.165, 1.54) is 5.56 Å². The van der Waals surface area contributed by atoms with Gasteiger partial charge in [-0.05, 0) is 51.0 Å². The van der Waals surface area contributed by atoms with Crippen LogP contribution in [0.5, 0.6) is 0 Å². The van der Waals surface area contributed by atoms with Crippen molar-refractivity contribution < 1.29 is 4.79 Å². The molecular weight excluding hydrogens is 244 g/mol. The minimum Gasteiger partial charge on any atom is -0.325 e. The molecule has 4 heteroatoms. The van der Waals surface area contributed by atoms with Crippen LogP contribution in [0.15, 0.2) is 24.3 Å². The van der Waals surface area contributed by atoms with Gasteiger partial charge in [0.2, 0.25) is 5.91 Å². The van der Waals surface area contributed by atoms with Crippen LogP contribution in [0.1, 0.15) is 18.9 Å². The second-order valence-electron chi connectivity index (χ2n) is 4.38. The molecule has 1 amide bonds. The number of amides is 1. The Morgan fingerprint density at radius 1 is 1.33 bits per heavy atom. The Morgan fingerprint density at radius 2 is 2.00 bits per heavy atom. The van der Waals surface area contributed by atoms with E-state index in [-0.39, 0.29) is 11.9 Å². The van der Waals surface area contributed by atoms with Crippen molar-refractivity contribution in [3.05, 3.63) is 29.8 Å². The number of nitrogens with one attached hydrogen (secondary N) is 2. The lowest BCUT2D eigenvalue weighted by Gasteiger charge is -2.14. The third kappa shape index (κ3) is 5.56. The number of hydrogen-bond acceptors (Lipinski definition) is 3. The SMILES string of the molecule is CSCCCNC(C)C(=O)Nc1ccc(C)cc1. The predicted octanol–water partition coefficient (Wildman–Crippen LogP) is 2.66. The average molecular weight is 266 g/mol. The van der Waals surface area contributed by atoms with Crippen molar-refractivity contribution in [3.8, 4) is 0 Å². The van der Waals surface area contributed by atoms with E-state index in [1.807, 2.05) is 49.9 Å². The first-order chi connectivity index (χ1) is 8.63. The monoisotopic (exact) mass is 266 g/mol. The standard InChI is InChI=1S/C14H22N2OS/c1-11-5-7-13(8-6-11)16-14(17)12(2)15-9-4-10-18-3/h5-8,12,15H,4,9-10H2,1-3H3,(H,16,17). The Morgan fingerprint density at radius 3 is 2.61 bits per heavy atom. The molecule has 0 heterocycles. The molecule has 1 aromatic rings. The van der Waals surface area contributed by atoms with E-state index in [0.717, 1.165) is 24.4 Å². The van der Waals surface area contributed by atoms with E-state index in [0.29, 0.717) is 0 Å². The van der Waals surface area contributed by atoms with Gasteiger partial charge in [-0.25, -0.2) is 0 Å². The fourth-order valence-electron chi connectivity index (χ4n) is 1.52. The number of carbonyl (C=O) groups is 1. The molecule has 0 aliphatic carbocycles. The maximum atomic E-state index is 11.9. The molecule has 1 unspecified atom stereocenters. The molecule has 0 aliphatic rings. The van der Waals surface area contributed by atoms with Crippen LogP contribution < -0.4 is 10.6 Å². The number of thioether (sulfide) groups is 1. The summed E-state index contributed by atoms with van der Waals surface area (Å²) in [7, 11) is 0. The molecule has 0 aromatic heterocycles. The minimum absolute atomic E-state index is 0.0167. The minimum atomic E-state index is -0.159. The maximum Gasteiger partial charge on any atom is 0.241 e. The van der Waals surface area contributed by atoms with Crippen molar-refractivity contribution in [1.29, 1.82) is 0 Å². The van der Waals surface area contributed by atoms with Gasteiger partial charge in [-0.2, -0.15) is 11.8 Å². The van der Waals surface area contributed by atoms with Gasteiger partial charge in [-0.3, -0.25) is 4.79 Å². The van der Waals surface area contributed by atoms with Gasteiger partial charge in [-0.15, -0.1) is 0 Å². The van der Waals surface area contributed by atoms with Crippen molar-refractivity contribution in [3.63, 3.8) is 0 Å². The highest BCUT2D eigenvalue weighted by Gasteiger charge is 2.11. The van der Waals surface area contributed by atoms with Crippen LogP contribution >= 0.6 is 11.8 Å². The van der Waals surface area contributed by atoms with Crippen molar-refractivity contribution in [1.82, 2.24) is 5.32 Å². The van der Waals surface area contributed by atoms with E-state index in [1.54, 1.807) is 0 Å². The summed E-state index contributed by atoms with van der Waals surface area (Å²) in [6, 6.07) is 7.67. The third-order valence-electron chi connectivity index (χ3n) is 2.69. The lowest BCUT2D eigenvalue weighted by Crippen LogP contribution is -2.38. The molecule has 100 valence electrons. The lowest BCUT2D eigenvalue weighted by atomic mass is 10.2. The van der Waals surface area contributed by atoms with E-state index < -0.39 is 0 Å². The average Bonchev–Trinajstić information content (AvgIpc) is 2.37. The Labute approximate surface area is 114 Å². The third-order valence-corrected chi connectivity index (χ3v) is 3.39. The predicted molar refractivity (Wildman–Crippen MR) is 80.3 cm³/mol. The molecular formula is C14H22N2OS. The molecule has 1 atom stereocenters. The van der Waals surface area contributed by atoms with E-state index >= 15 is 0 Å². The van der Waals surface area contributed by atoms with Crippen molar-refractivity contribution in [2.24, 2.45) is 0 Å². The van der Waals surface area contributed by atoms with Crippen LogP contribution in [0, 0.1) is 6.92 Å². The van der Waals surface area contributed by atoms with Gasteiger partial charge >= 0.3 is 0 Å². The molecule has 1 rings (SSSR count). The van der Waals surface area contributed by atoms with Gasteiger partial charge in [0, 0.05) is 5.69 Å². The summed E-state index contributed by atoms with van der Waals surface area (Å²) in [6.07, 6.45) is 3.18. The van der Waals surface area contributed by atoms with Crippen molar-refractivity contribution >= 4 is 23.4 Å². The fourth-order valence-corrected chi connectivity index (χ4v) is 1.95. The number of aryl methyl sites for hydroxylation is 1. The largest absolute Gasteiger partial charge is 0.325 e. The molecule has 0 saturated carbocycles. The Bertz CT molecular complexity index is 365. The quantitative estimate of drug-likeness (QED) is 0.746. The molecule has 3 nitrogen and oxygen atoms in total. The molecule has 0 bridgehead atoms. The maximum absolute atomic E-state index is 11.9. The summed E-state index contributed by atoms with van der Waals surface area (Å²) in [5.74, 6) is 1.14. The summed E-state index contributed by atoms with van der Waals surface area (Å²) in [5, 5.41) is 6.13. The summed E-state index contributed by atoms with van der Waals surface area (Å²) >= 11 is 1.83. The van der Waals surface area contributed by atoms with Crippen molar-refractivity contribution in [2.75, 3.05) is 23.9 Å². The smallest absolute Gasteiger partial charge is 0.241 e. The van der Waals surface area contributed by atoms with E-state index in [2.05, 4.69) is 16.9 Å². The topological polar surface area (TPSA) is 41.1 Å². The lowest BCUT2D eigenvalue weighted by molar-refractivity contribution is -0.117. The van der Waals surface area contributed by atoms with Gasteiger partial charge in [-0.1, -0.05) is 17.7 Å². The van der Waals surface area contributed by atoms with Gasteiger partial charge in [0.25, 0.3) is 0 Å². The molecule has 0 radical (unpaired) electrons. The zero-order valence-corrected chi connectivity index (χ0v) is 12.1. The second-order valence-corrected chi connectivity index (χ2v) is 5.36. The second kappa shape index (κ2) is 8.16. The first-order valence-corrected chi connectivity index (χ1v) is 7.62. The van der Waals surface area contributed by atoms with Crippen LogP contribution in [0.25, 0.3) is 0 Å². The van der Waals surface area contributed by atoms with E-state index in [4.69, 9.17) is 0 Å². The number of rotatable bonds is 7. The Balaban J connectivity index is 2.33. The highest BCUT2D eigenvalue weighted by Crippen LogP contribution is 2.08. The number of carbonyl (C=O) groups excluding carboxylic acids is 1. The van der Waals surface area contributed by atoms with Gasteiger partial charge < -0.3 is 10.6 Å². The molecule has 0 fully saturated rings. The molecule has 1 aromatic carbocycles. The summed E-state index contributed by atoms with van der Waals surface area (Å²) in [5.41, 5.74) is 2.04. The van der Waals surface area contributed by atoms with E-state index in [9.17, 15) is 4.79 Å². The van der Waals surface area contributed by atoms with Gasteiger partial charge in [0.05, 0.1) is 6.04 Å². The van der Waals surface area contributed by atoms with Crippen molar-refractivity contribution in [2.45, 2.75) is 26.3 Å². The normalized spacial score (nSPS) is 12.2. The van der Waals surface area contributed by atoms with Gasteiger partial charge in [0.1, 0.15) is 0 Å². The zero-order chi connectivity index (χ0) is 13.4. The number of benzene rings is 1. The highest BCUT2D eigenvalue weighted by atomic mass is 32.2. The van der Waals surface area contributed by atoms with Crippen LogP contribution in [0.2, 0.25) is 0 Å². The van der Waals surface area contributed by atoms with Gasteiger partial charge in [0.15, 0.2) is 0 Å². The molecule has 2 N–H and O–H groups in total. The van der Waals surface area contributed by atoms with Crippen LogP contribution in [0.3, 0.4) is 0 Å². The molecule has 0 aliphatic heterocycles. The highest BCUT2D eigenvalue weighted by molar-refractivity contribution is 7.98. The Hall–Kier alpha value is -1.00. The Kier molecular flexibility index (Phi) is 6.83. The first kappa shape index (κ1) is 15.1. The summed E-state index contributed by atoms with van der Waals surface area (Å²) in [4.78, 5) is 11.9. The van der Waals surface area contributed by atoms with Crippen LogP contribution in [0.4, 0.5) is 5.69 Å². The zero-order valence-electron chi connectivity index (χ0n) is 11.3. The number of anilines is 1. The summed E-state index contributed by atoms with van der Waals surface area (Å²) in [6.45, 7) is 4.80. The molecule has 0 spiro atoms. The molecule has 0 saturated heterocycles. The van der Waals surface area contributed by atoms with Crippen LogP contribution in [-0.2, 0) is 4.79 Å². The van der Waals surface area contributed by atoms with Crippen LogP contribution in [-0.4, -0.2) is 30.5 Å². The summed E-state index contributed by atoms with van der Waals surface area (Å²) < 4.78 is 0.